The Morgan fingerprint density at radius 3 is 2.32 bits per heavy atom. The molecule has 1 aliphatic heterocycles. The van der Waals surface area contributed by atoms with Crippen LogP contribution < -0.4 is 0 Å². The number of benzene rings is 3. The smallest absolute Gasteiger partial charge is 0.123 e. The van der Waals surface area contributed by atoms with Crippen LogP contribution in [-0.2, 0) is 0 Å². The molecule has 0 bridgehead atoms. The van der Waals surface area contributed by atoms with E-state index in [2.05, 4.69) is 23.8 Å². The van der Waals surface area contributed by atoms with Crippen LogP contribution in [0.15, 0.2) is 69.8 Å². The third-order valence-corrected chi connectivity index (χ3v) is 7.41. The topological polar surface area (TPSA) is 0 Å². The molecule has 1 heterocycles. The van der Waals surface area contributed by atoms with Crippen LogP contribution in [0.5, 0.6) is 0 Å². The SMILES string of the molecule is CS1(c2ccc3cc(F)ccc3c2)C=Cc2cc(F)ccc21. The van der Waals surface area contributed by atoms with Crippen LogP contribution in [0.25, 0.3) is 16.8 Å². The van der Waals surface area contributed by atoms with Crippen LogP contribution in [0, 0.1) is 11.6 Å². The van der Waals surface area contributed by atoms with Crippen LogP contribution in [0.4, 0.5) is 8.78 Å². The third kappa shape index (κ3) is 1.97. The molecule has 0 saturated carbocycles. The van der Waals surface area contributed by atoms with E-state index in [9.17, 15) is 8.78 Å². The Bertz CT molecular complexity index is 930. The van der Waals surface area contributed by atoms with Gasteiger partial charge < -0.3 is 0 Å². The van der Waals surface area contributed by atoms with Gasteiger partial charge in [-0.25, -0.2) is 8.78 Å². The van der Waals surface area contributed by atoms with Crippen LogP contribution in [0.2, 0.25) is 0 Å². The standard InChI is InChI=1S/C19H14F2S/c1-22(9-8-15-11-17(21)5-7-19(15)22)18-6-3-13-10-16(20)4-2-14(13)12-18/h2-12H,1H3. The van der Waals surface area contributed by atoms with Gasteiger partial charge in [0.25, 0.3) is 0 Å². The summed E-state index contributed by atoms with van der Waals surface area (Å²) in [6.07, 6.45) is 4.21. The van der Waals surface area contributed by atoms with E-state index in [-0.39, 0.29) is 11.6 Å². The summed E-state index contributed by atoms with van der Waals surface area (Å²) >= 11 is 0. The van der Waals surface area contributed by atoms with E-state index in [1.807, 2.05) is 18.2 Å². The second-order valence-corrected chi connectivity index (χ2v) is 8.77. The fraction of sp³-hybridized carbons (Fsp3) is 0.0526. The van der Waals surface area contributed by atoms with Crippen molar-refractivity contribution in [2.45, 2.75) is 9.79 Å². The minimum Gasteiger partial charge on any atom is -0.207 e. The molecule has 3 aromatic carbocycles. The van der Waals surface area contributed by atoms with Gasteiger partial charge in [0.1, 0.15) is 11.6 Å². The Morgan fingerprint density at radius 1 is 0.773 bits per heavy atom. The zero-order valence-corrected chi connectivity index (χ0v) is 12.8. The first-order chi connectivity index (χ1) is 10.6. The van der Waals surface area contributed by atoms with Gasteiger partial charge in [0.15, 0.2) is 0 Å². The largest absolute Gasteiger partial charge is 0.207 e. The van der Waals surface area contributed by atoms with Crippen molar-refractivity contribution >= 4 is 26.9 Å². The molecule has 110 valence electrons. The van der Waals surface area contributed by atoms with E-state index < -0.39 is 10.0 Å². The van der Waals surface area contributed by atoms with E-state index in [1.54, 1.807) is 18.2 Å². The number of hydrogen-bond acceptors (Lipinski definition) is 0. The second kappa shape index (κ2) is 4.68. The van der Waals surface area contributed by atoms with Gasteiger partial charge in [0.05, 0.1) is 0 Å². The van der Waals surface area contributed by atoms with Gasteiger partial charge in [-0.15, -0.1) is 0 Å². The summed E-state index contributed by atoms with van der Waals surface area (Å²) < 4.78 is 26.7. The van der Waals surface area contributed by atoms with Crippen LogP contribution in [0.1, 0.15) is 5.56 Å². The first-order valence-corrected chi connectivity index (χ1v) is 9.12. The average Bonchev–Trinajstić information content (AvgIpc) is 2.84. The van der Waals surface area contributed by atoms with Crippen LogP contribution >= 0.6 is 10.0 Å². The average molecular weight is 312 g/mol. The predicted molar refractivity (Wildman–Crippen MR) is 89.4 cm³/mol. The lowest BCUT2D eigenvalue weighted by atomic mass is 10.1. The number of fused-ring (bicyclic) bond motifs is 2. The molecule has 0 amide bonds. The fourth-order valence-electron chi connectivity index (χ4n) is 2.98. The lowest BCUT2D eigenvalue weighted by Crippen LogP contribution is -1.95. The molecule has 0 spiro atoms. The molecule has 0 N–H and O–H groups in total. The summed E-state index contributed by atoms with van der Waals surface area (Å²) in [5.41, 5.74) is 0.955. The molecule has 1 unspecified atom stereocenters. The van der Waals surface area contributed by atoms with Gasteiger partial charge in [-0.1, -0.05) is 12.1 Å². The molecule has 0 fully saturated rings. The van der Waals surface area contributed by atoms with Crippen LogP contribution in [0.3, 0.4) is 0 Å². The minimum absolute atomic E-state index is 0.207. The zero-order chi connectivity index (χ0) is 15.3. The van der Waals surface area contributed by atoms with Gasteiger partial charge in [-0.3, -0.25) is 0 Å². The predicted octanol–water partition coefficient (Wildman–Crippen LogP) is 5.95. The molecule has 0 aromatic heterocycles. The van der Waals surface area contributed by atoms with E-state index in [1.165, 1.54) is 21.9 Å². The van der Waals surface area contributed by atoms with Crippen molar-refractivity contribution in [1.29, 1.82) is 0 Å². The molecule has 3 aromatic rings. The Kier molecular flexibility index (Phi) is 2.88. The Hall–Kier alpha value is -2.13. The normalized spacial score (nSPS) is 22.5. The summed E-state index contributed by atoms with van der Waals surface area (Å²) in [5, 5.41) is 4.10. The molecular formula is C19H14F2S. The van der Waals surface area contributed by atoms with Gasteiger partial charge in [0, 0.05) is 4.90 Å². The van der Waals surface area contributed by atoms with Gasteiger partial charge >= 0.3 is 0 Å². The van der Waals surface area contributed by atoms with Gasteiger partial charge in [0.2, 0.25) is 0 Å². The van der Waals surface area contributed by atoms with Crippen LogP contribution in [-0.4, -0.2) is 6.26 Å². The molecule has 0 aliphatic carbocycles. The van der Waals surface area contributed by atoms with Crippen molar-refractivity contribution in [3.05, 3.63) is 77.2 Å². The Morgan fingerprint density at radius 2 is 1.45 bits per heavy atom. The molecule has 1 aliphatic rings. The van der Waals surface area contributed by atoms with E-state index in [0.717, 1.165) is 16.3 Å². The van der Waals surface area contributed by atoms with Crippen molar-refractivity contribution in [1.82, 2.24) is 0 Å². The van der Waals surface area contributed by atoms with Gasteiger partial charge in [-0.05, 0) is 81.4 Å². The highest BCUT2D eigenvalue weighted by atomic mass is 32.3. The lowest BCUT2D eigenvalue weighted by molar-refractivity contribution is 0.626. The second-order valence-electron chi connectivity index (χ2n) is 5.62. The highest BCUT2D eigenvalue weighted by Gasteiger charge is 2.27. The summed E-state index contributed by atoms with van der Waals surface area (Å²) in [6.45, 7) is 0. The molecule has 0 nitrogen and oxygen atoms in total. The monoisotopic (exact) mass is 312 g/mol. The fourth-order valence-corrected chi connectivity index (χ4v) is 5.65. The highest BCUT2D eigenvalue weighted by molar-refractivity contribution is 8.36. The molecular weight excluding hydrogens is 298 g/mol. The molecule has 0 radical (unpaired) electrons. The molecule has 0 saturated heterocycles. The zero-order valence-electron chi connectivity index (χ0n) is 12.0. The quantitative estimate of drug-likeness (QED) is 0.520. The maximum Gasteiger partial charge on any atom is 0.123 e. The molecule has 1 atom stereocenters. The summed E-state index contributed by atoms with van der Waals surface area (Å²) in [5.74, 6) is -0.429. The van der Waals surface area contributed by atoms with E-state index in [4.69, 9.17) is 0 Å². The first-order valence-electron chi connectivity index (χ1n) is 7.02. The van der Waals surface area contributed by atoms with Gasteiger partial charge in [-0.2, -0.15) is 10.0 Å². The van der Waals surface area contributed by atoms with Crippen molar-refractivity contribution in [2.75, 3.05) is 6.26 Å². The minimum atomic E-state index is -1.30. The molecule has 22 heavy (non-hydrogen) atoms. The first kappa shape index (κ1) is 13.5. The Labute approximate surface area is 129 Å². The molecule has 4 rings (SSSR count). The van der Waals surface area contributed by atoms with Crippen molar-refractivity contribution < 1.29 is 8.78 Å². The van der Waals surface area contributed by atoms with E-state index in [0.29, 0.717) is 0 Å². The van der Waals surface area contributed by atoms with Crippen molar-refractivity contribution in [3.63, 3.8) is 0 Å². The summed E-state index contributed by atoms with van der Waals surface area (Å²) in [4.78, 5) is 2.38. The third-order valence-electron chi connectivity index (χ3n) is 4.21. The highest BCUT2D eigenvalue weighted by Crippen LogP contribution is 2.65. The maximum absolute atomic E-state index is 13.4. The maximum atomic E-state index is 13.4. The number of hydrogen-bond donors (Lipinski definition) is 0. The van der Waals surface area contributed by atoms with Crippen molar-refractivity contribution in [2.24, 2.45) is 0 Å². The summed E-state index contributed by atoms with van der Waals surface area (Å²) in [7, 11) is -1.30. The Balaban J connectivity index is 1.89. The number of rotatable bonds is 1. The number of halogens is 2. The lowest BCUT2D eigenvalue weighted by Gasteiger charge is -2.31. The van der Waals surface area contributed by atoms with Crippen molar-refractivity contribution in [3.8, 4) is 0 Å². The summed E-state index contributed by atoms with van der Waals surface area (Å²) in [6, 6.07) is 16.0. The van der Waals surface area contributed by atoms with E-state index >= 15 is 0 Å². The molecule has 3 heteroatoms.